The maximum absolute atomic E-state index is 3.93. The van der Waals surface area contributed by atoms with Gasteiger partial charge in [-0.05, 0) is 32.7 Å². The van der Waals surface area contributed by atoms with Crippen molar-refractivity contribution in [3.63, 3.8) is 0 Å². The van der Waals surface area contributed by atoms with Gasteiger partial charge in [0.2, 0.25) is 0 Å². The molecule has 0 saturated carbocycles. The van der Waals surface area contributed by atoms with Crippen LogP contribution in [0.1, 0.15) is 31.9 Å². The van der Waals surface area contributed by atoms with Crippen LogP contribution in [0.4, 0.5) is 5.69 Å². The van der Waals surface area contributed by atoms with Crippen molar-refractivity contribution in [2.24, 2.45) is 4.99 Å². The highest BCUT2D eigenvalue weighted by Crippen LogP contribution is 2.21. The van der Waals surface area contributed by atoms with Crippen LogP contribution in [0.15, 0.2) is 29.3 Å². The summed E-state index contributed by atoms with van der Waals surface area (Å²) in [6.45, 7) is 11.6. The molecule has 0 N–H and O–H groups in total. The van der Waals surface area contributed by atoms with E-state index >= 15 is 0 Å². The first-order valence-corrected chi connectivity index (χ1v) is 4.98. The third-order valence-corrected chi connectivity index (χ3v) is 1.70. The number of aryl methyl sites for hydroxylation is 1. The first kappa shape index (κ1) is 12.6. The van der Waals surface area contributed by atoms with Gasteiger partial charge in [-0.1, -0.05) is 37.6 Å². The van der Waals surface area contributed by atoms with Crippen LogP contribution in [0.25, 0.3) is 6.08 Å². The molecular formula is C13H19N. The Balaban J connectivity index is 0.000000791. The highest BCUT2D eigenvalue weighted by Gasteiger charge is 1.95. The Morgan fingerprint density at radius 1 is 1.29 bits per heavy atom. The number of rotatable bonds is 2. The molecule has 0 aliphatic carbocycles. The van der Waals surface area contributed by atoms with E-state index in [-0.39, 0.29) is 0 Å². The van der Waals surface area contributed by atoms with Crippen LogP contribution in [-0.4, -0.2) is 6.72 Å². The summed E-state index contributed by atoms with van der Waals surface area (Å²) >= 11 is 0. The number of nitrogens with zero attached hydrogens (tertiary/aromatic N) is 1. The zero-order valence-electron chi connectivity index (χ0n) is 9.54. The standard InChI is InChI=1S/C11H13N.C2H6/c1-4-5-10-8-9(2)6-7-11(10)12-3;1-2/h4-8H,3H2,1-2H3;1-2H3/b5-4-;. The van der Waals surface area contributed by atoms with Gasteiger partial charge in [-0.15, -0.1) is 0 Å². The molecule has 14 heavy (non-hydrogen) atoms. The highest BCUT2D eigenvalue weighted by molar-refractivity contribution is 5.66. The Morgan fingerprint density at radius 3 is 2.43 bits per heavy atom. The van der Waals surface area contributed by atoms with Crippen LogP contribution < -0.4 is 0 Å². The lowest BCUT2D eigenvalue weighted by molar-refractivity contribution is 1.42. The van der Waals surface area contributed by atoms with Gasteiger partial charge >= 0.3 is 0 Å². The van der Waals surface area contributed by atoms with Crippen LogP contribution in [-0.2, 0) is 0 Å². The lowest BCUT2D eigenvalue weighted by Crippen LogP contribution is -1.76. The average Bonchev–Trinajstić information content (AvgIpc) is 2.22. The van der Waals surface area contributed by atoms with Gasteiger partial charge in [0, 0.05) is 5.56 Å². The second kappa shape index (κ2) is 7.07. The minimum absolute atomic E-state index is 0.943. The Morgan fingerprint density at radius 2 is 1.93 bits per heavy atom. The van der Waals surface area contributed by atoms with Crippen molar-refractivity contribution in [2.75, 3.05) is 0 Å². The summed E-state index contributed by atoms with van der Waals surface area (Å²) in [5.74, 6) is 0. The number of allylic oxidation sites excluding steroid dienone is 1. The fourth-order valence-electron chi connectivity index (χ4n) is 1.13. The molecule has 0 heterocycles. The number of hydrogen-bond donors (Lipinski definition) is 0. The van der Waals surface area contributed by atoms with E-state index in [4.69, 9.17) is 0 Å². The van der Waals surface area contributed by atoms with E-state index in [2.05, 4.69) is 24.7 Å². The Bertz CT molecular complexity index is 311. The summed E-state index contributed by atoms with van der Waals surface area (Å²) in [6.07, 6.45) is 4.04. The van der Waals surface area contributed by atoms with Crippen molar-refractivity contribution in [2.45, 2.75) is 27.7 Å². The number of hydrogen-bond acceptors (Lipinski definition) is 1. The van der Waals surface area contributed by atoms with Crippen molar-refractivity contribution in [1.82, 2.24) is 0 Å². The summed E-state index contributed by atoms with van der Waals surface area (Å²) in [6, 6.07) is 6.12. The molecule has 0 saturated heterocycles. The fraction of sp³-hybridized carbons (Fsp3) is 0.308. The van der Waals surface area contributed by atoms with Crippen LogP contribution >= 0.6 is 0 Å². The van der Waals surface area contributed by atoms with Gasteiger partial charge in [-0.25, -0.2) is 0 Å². The van der Waals surface area contributed by atoms with Crippen molar-refractivity contribution < 1.29 is 0 Å². The van der Waals surface area contributed by atoms with Gasteiger partial charge in [0.15, 0.2) is 0 Å². The molecule has 0 unspecified atom stereocenters. The van der Waals surface area contributed by atoms with Gasteiger partial charge in [-0.2, -0.15) is 0 Å². The summed E-state index contributed by atoms with van der Waals surface area (Å²) in [4.78, 5) is 3.93. The van der Waals surface area contributed by atoms with Crippen molar-refractivity contribution in [3.8, 4) is 0 Å². The molecule has 0 fully saturated rings. The quantitative estimate of drug-likeness (QED) is 0.612. The summed E-state index contributed by atoms with van der Waals surface area (Å²) in [7, 11) is 0. The van der Waals surface area contributed by atoms with E-state index < -0.39 is 0 Å². The SMILES string of the molecule is C=Nc1ccc(C)cc1/C=C\C.CC. The van der Waals surface area contributed by atoms with Crippen LogP contribution in [0.3, 0.4) is 0 Å². The van der Waals surface area contributed by atoms with Gasteiger partial charge in [0.05, 0.1) is 5.69 Å². The molecule has 0 amide bonds. The van der Waals surface area contributed by atoms with Gasteiger partial charge in [0.1, 0.15) is 0 Å². The summed E-state index contributed by atoms with van der Waals surface area (Å²) in [5, 5.41) is 0. The second-order valence-corrected chi connectivity index (χ2v) is 2.72. The predicted octanol–water partition coefficient (Wildman–Crippen LogP) is 4.39. The lowest BCUT2D eigenvalue weighted by atomic mass is 10.1. The molecule has 1 aromatic rings. The van der Waals surface area contributed by atoms with Gasteiger partial charge in [-0.3, -0.25) is 4.99 Å². The topological polar surface area (TPSA) is 12.4 Å². The predicted molar refractivity (Wildman–Crippen MR) is 66.4 cm³/mol. The average molecular weight is 189 g/mol. The molecule has 0 atom stereocenters. The molecule has 0 radical (unpaired) electrons. The molecular weight excluding hydrogens is 170 g/mol. The molecule has 0 aliphatic heterocycles. The van der Waals surface area contributed by atoms with Gasteiger partial charge in [0.25, 0.3) is 0 Å². The molecule has 0 spiro atoms. The van der Waals surface area contributed by atoms with E-state index in [1.807, 2.05) is 45.1 Å². The van der Waals surface area contributed by atoms with Crippen LogP contribution in [0.5, 0.6) is 0 Å². The Hall–Kier alpha value is -1.37. The van der Waals surface area contributed by atoms with Gasteiger partial charge < -0.3 is 0 Å². The zero-order valence-corrected chi connectivity index (χ0v) is 9.54. The zero-order chi connectivity index (χ0) is 11.0. The fourth-order valence-corrected chi connectivity index (χ4v) is 1.13. The van der Waals surface area contributed by atoms with E-state index in [0.717, 1.165) is 11.3 Å². The molecule has 0 aromatic heterocycles. The lowest BCUT2D eigenvalue weighted by Gasteiger charge is -2.00. The minimum Gasteiger partial charge on any atom is -0.264 e. The van der Waals surface area contributed by atoms with Crippen LogP contribution in [0, 0.1) is 6.92 Å². The molecule has 1 heteroatoms. The summed E-state index contributed by atoms with van der Waals surface area (Å²) in [5.41, 5.74) is 3.32. The molecule has 0 aliphatic rings. The molecule has 1 aromatic carbocycles. The van der Waals surface area contributed by atoms with Crippen molar-refractivity contribution in [1.29, 1.82) is 0 Å². The van der Waals surface area contributed by atoms with E-state index in [0.29, 0.717) is 0 Å². The third kappa shape index (κ3) is 3.56. The smallest absolute Gasteiger partial charge is 0.0694 e. The second-order valence-electron chi connectivity index (χ2n) is 2.72. The van der Waals surface area contributed by atoms with Crippen molar-refractivity contribution >= 4 is 18.5 Å². The summed E-state index contributed by atoms with van der Waals surface area (Å²) < 4.78 is 0. The normalized spacial score (nSPS) is 9.43. The number of benzene rings is 1. The largest absolute Gasteiger partial charge is 0.264 e. The van der Waals surface area contributed by atoms with E-state index in [1.54, 1.807) is 0 Å². The first-order chi connectivity index (χ1) is 6.77. The maximum atomic E-state index is 3.93. The Kier molecular flexibility index (Phi) is 6.38. The third-order valence-electron chi connectivity index (χ3n) is 1.70. The first-order valence-electron chi connectivity index (χ1n) is 4.98. The molecule has 0 bridgehead atoms. The monoisotopic (exact) mass is 189 g/mol. The molecule has 1 rings (SSSR count). The van der Waals surface area contributed by atoms with E-state index in [1.165, 1.54) is 5.56 Å². The number of aliphatic imine (C=N–C) groups is 1. The highest BCUT2D eigenvalue weighted by atomic mass is 14.7. The van der Waals surface area contributed by atoms with Crippen molar-refractivity contribution in [3.05, 3.63) is 35.4 Å². The molecule has 1 nitrogen and oxygen atoms in total. The Labute approximate surface area is 87.2 Å². The maximum Gasteiger partial charge on any atom is 0.0694 e. The minimum atomic E-state index is 0.943. The van der Waals surface area contributed by atoms with Crippen LogP contribution in [0.2, 0.25) is 0 Å². The molecule has 76 valence electrons. The van der Waals surface area contributed by atoms with E-state index in [9.17, 15) is 0 Å².